The molecule has 1 aromatic heterocycles. The van der Waals surface area contributed by atoms with Crippen molar-refractivity contribution >= 4 is 10.9 Å². The van der Waals surface area contributed by atoms with Crippen molar-refractivity contribution < 1.29 is 0 Å². The lowest BCUT2D eigenvalue weighted by Gasteiger charge is -2.18. The van der Waals surface area contributed by atoms with Gasteiger partial charge in [0.05, 0.1) is 0 Å². The first kappa shape index (κ1) is 22.0. The maximum absolute atomic E-state index is 2.29. The molecule has 2 aromatic carbocycles. The van der Waals surface area contributed by atoms with Crippen LogP contribution in [0.4, 0.5) is 0 Å². The number of rotatable bonds is 0. The molecule has 0 N–H and O–H groups in total. The van der Waals surface area contributed by atoms with Crippen LogP contribution in [0.1, 0.15) is 66.5 Å². The van der Waals surface area contributed by atoms with Gasteiger partial charge in [0.25, 0.3) is 0 Å². The summed E-state index contributed by atoms with van der Waals surface area (Å²) in [5.41, 5.74) is 4.63. The van der Waals surface area contributed by atoms with Crippen molar-refractivity contribution in [1.82, 2.24) is 4.57 Å². The average Bonchev–Trinajstić information content (AvgIpc) is 2.97. The first-order valence-corrected chi connectivity index (χ1v) is 9.70. The summed E-state index contributed by atoms with van der Waals surface area (Å²) >= 11 is 0. The number of aryl methyl sites for hydroxylation is 1. The van der Waals surface area contributed by atoms with Gasteiger partial charge in [-0.1, -0.05) is 91.8 Å². The Morgan fingerprint density at radius 3 is 1.65 bits per heavy atom. The van der Waals surface area contributed by atoms with E-state index in [4.69, 9.17) is 0 Å². The maximum atomic E-state index is 2.29. The first-order valence-electron chi connectivity index (χ1n) is 9.70. The molecule has 0 saturated carbocycles. The Morgan fingerprint density at radius 1 is 0.654 bits per heavy atom. The van der Waals surface area contributed by atoms with Gasteiger partial charge in [0.15, 0.2) is 0 Å². The highest BCUT2D eigenvalue weighted by molar-refractivity contribution is 5.81. The third-order valence-electron chi connectivity index (χ3n) is 4.39. The summed E-state index contributed by atoms with van der Waals surface area (Å²) in [6.45, 7) is 17.4. The van der Waals surface area contributed by atoms with Gasteiger partial charge in [0.2, 0.25) is 0 Å². The van der Waals surface area contributed by atoms with Gasteiger partial charge < -0.3 is 4.57 Å². The molecule has 0 unspecified atom stereocenters. The number of hydrogen-bond donors (Lipinski definition) is 0. The van der Waals surface area contributed by atoms with Crippen molar-refractivity contribution in [3.8, 4) is 0 Å². The molecule has 0 bridgehead atoms. The molecule has 0 aliphatic carbocycles. The van der Waals surface area contributed by atoms with E-state index in [2.05, 4.69) is 114 Å². The molecule has 0 saturated heterocycles. The third kappa shape index (κ3) is 6.05. The highest BCUT2D eigenvalue weighted by Gasteiger charge is 2.14. The molecule has 1 nitrogen and oxygen atoms in total. The smallest absolute Gasteiger partial charge is 0.0477 e. The van der Waals surface area contributed by atoms with Crippen molar-refractivity contribution in [3.63, 3.8) is 0 Å². The Bertz CT molecular complexity index is 780. The van der Waals surface area contributed by atoms with E-state index in [-0.39, 0.29) is 5.41 Å². The molecular weight excluding hydrogens is 314 g/mol. The van der Waals surface area contributed by atoms with Gasteiger partial charge in [-0.05, 0) is 45.5 Å². The molecule has 3 aromatic rings. The zero-order valence-electron chi connectivity index (χ0n) is 18.2. The number of fused-ring (bicyclic) bond motifs is 1. The second-order valence-electron chi connectivity index (χ2n) is 8.57. The summed E-state index contributed by atoms with van der Waals surface area (Å²) < 4.78 is 2.15. The molecule has 0 aliphatic heterocycles. The van der Waals surface area contributed by atoms with Crippen LogP contribution in [-0.4, -0.2) is 4.57 Å². The summed E-state index contributed by atoms with van der Waals surface area (Å²) in [4.78, 5) is 0. The fourth-order valence-corrected chi connectivity index (χ4v) is 2.69. The van der Waals surface area contributed by atoms with E-state index in [1.54, 1.807) is 0 Å². The minimum Gasteiger partial charge on any atom is -0.351 e. The van der Waals surface area contributed by atoms with E-state index in [1.807, 2.05) is 13.8 Å². The van der Waals surface area contributed by atoms with Crippen LogP contribution in [0.2, 0.25) is 0 Å². The summed E-state index contributed by atoms with van der Waals surface area (Å²) in [6.07, 6.45) is 2.11. The molecule has 1 heteroatoms. The van der Waals surface area contributed by atoms with E-state index in [1.165, 1.54) is 22.0 Å². The lowest BCUT2D eigenvalue weighted by atomic mass is 9.86. The number of hydrogen-bond acceptors (Lipinski definition) is 0. The van der Waals surface area contributed by atoms with Crippen molar-refractivity contribution in [2.24, 2.45) is 7.05 Å². The Balaban J connectivity index is 0.000000249. The fourth-order valence-electron chi connectivity index (χ4n) is 2.69. The molecule has 0 fully saturated rings. The Hall–Kier alpha value is -2.02. The maximum Gasteiger partial charge on any atom is 0.0477 e. The van der Waals surface area contributed by atoms with Gasteiger partial charge in [-0.15, -0.1) is 0 Å². The largest absolute Gasteiger partial charge is 0.351 e. The van der Waals surface area contributed by atoms with Crippen LogP contribution in [0.5, 0.6) is 0 Å². The quantitative estimate of drug-likeness (QED) is 0.395. The van der Waals surface area contributed by atoms with Gasteiger partial charge >= 0.3 is 0 Å². The molecule has 0 radical (unpaired) electrons. The van der Waals surface area contributed by atoms with Crippen LogP contribution < -0.4 is 0 Å². The van der Waals surface area contributed by atoms with Crippen LogP contribution in [0.25, 0.3) is 10.9 Å². The van der Waals surface area contributed by atoms with Crippen molar-refractivity contribution in [2.75, 3.05) is 0 Å². The third-order valence-corrected chi connectivity index (χ3v) is 4.39. The summed E-state index contributed by atoms with van der Waals surface area (Å²) in [5, 5.41) is 1.33. The second-order valence-corrected chi connectivity index (χ2v) is 8.57. The predicted octanol–water partition coefficient (Wildman–Crippen LogP) is 7.49. The van der Waals surface area contributed by atoms with E-state index >= 15 is 0 Å². The highest BCUT2D eigenvalue weighted by atomic mass is 14.9. The van der Waals surface area contributed by atoms with Gasteiger partial charge in [-0.3, -0.25) is 0 Å². The summed E-state index contributed by atoms with van der Waals surface area (Å²) in [7, 11) is 2.08. The fraction of sp³-hybridized carbons (Fsp3) is 0.440. The van der Waals surface area contributed by atoms with Crippen molar-refractivity contribution in [1.29, 1.82) is 0 Å². The lowest BCUT2D eigenvalue weighted by Crippen LogP contribution is -2.10. The van der Waals surface area contributed by atoms with Crippen LogP contribution in [0, 0.1) is 0 Å². The van der Waals surface area contributed by atoms with Gasteiger partial charge in [-0.25, -0.2) is 0 Å². The molecule has 0 amide bonds. The van der Waals surface area contributed by atoms with Crippen molar-refractivity contribution in [2.45, 2.75) is 66.2 Å². The second kappa shape index (κ2) is 9.07. The molecule has 26 heavy (non-hydrogen) atoms. The van der Waals surface area contributed by atoms with Gasteiger partial charge in [-0.2, -0.15) is 0 Å². The summed E-state index contributed by atoms with van der Waals surface area (Å²) in [5.74, 6) is 0. The Kier molecular flexibility index (Phi) is 7.68. The van der Waals surface area contributed by atoms with E-state index < -0.39 is 0 Å². The van der Waals surface area contributed by atoms with E-state index in [0.717, 1.165) is 0 Å². The van der Waals surface area contributed by atoms with Crippen LogP contribution in [-0.2, 0) is 17.9 Å². The number of aromatic nitrogens is 1. The SMILES string of the molecule is CC.CC(C)(C)c1ccccc1.Cn1ccc2cc(C(C)(C)C)ccc21. The zero-order valence-corrected chi connectivity index (χ0v) is 18.2. The molecule has 1 heterocycles. The van der Waals surface area contributed by atoms with Crippen LogP contribution >= 0.6 is 0 Å². The first-order chi connectivity index (χ1) is 12.1. The van der Waals surface area contributed by atoms with E-state index in [0.29, 0.717) is 5.41 Å². The molecule has 0 atom stereocenters. The highest BCUT2D eigenvalue weighted by Crippen LogP contribution is 2.26. The van der Waals surface area contributed by atoms with Gasteiger partial charge in [0.1, 0.15) is 0 Å². The van der Waals surface area contributed by atoms with Crippen LogP contribution in [0.3, 0.4) is 0 Å². The predicted molar refractivity (Wildman–Crippen MR) is 118 cm³/mol. The van der Waals surface area contributed by atoms with E-state index in [9.17, 15) is 0 Å². The molecule has 0 aliphatic rings. The monoisotopic (exact) mass is 351 g/mol. The average molecular weight is 352 g/mol. The molecule has 142 valence electrons. The number of benzene rings is 2. The molecule has 3 rings (SSSR count). The molecular formula is C25H37N. The minimum atomic E-state index is 0.240. The lowest BCUT2D eigenvalue weighted by molar-refractivity contribution is 0.590. The number of nitrogens with zero attached hydrogens (tertiary/aromatic N) is 1. The summed E-state index contributed by atoms with van der Waals surface area (Å²) in [6, 6.07) is 19.4. The Labute approximate surface area is 161 Å². The van der Waals surface area contributed by atoms with Crippen LogP contribution in [0.15, 0.2) is 60.8 Å². The zero-order chi connectivity index (χ0) is 20.0. The van der Waals surface area contributed by atoms with Gasteiger partial charge in [0, 0.05) is 18.8 Å². The normalized spacial score (nSPS) is 11.3. The Morgan fingerprint density at radius 2 is 1.19 bits per heavy atom. The topological polar surface area (TPSA) is 4.93 Å². The molecule has 0 spiro atoms. The minimum absolute atomic E-state index is 0.240. The standard InChI is InChI=1S/C13H17N.C10H14.C2H6/c1-13(2,3)11-5-6-12-10(9-11)7-8-14(12)4;1-10(2,3)9-7-5-4-6-8-9;1-2/h5-9H,1-4H3;4-8H,1-3H3;1-2H3. The van der Waals surface area contributed by atoms with Crippen molar-refractivity contribution in [3.05, 3.63) is 71.9 Å².